The number of aromatic nitrogens is 2. The minimum Gasteiger partial charge on any atom is -0.497 e. The lowest BCUT2D eigenvalue weighted by atomic mass is 10.3. The molecule has 6 nitrogen and oxygen atoms in total. The number of pyridine rings is 2. The molecule has 2 rings (SSSR count). The Hall–Kier alpha value is -2.15. The second-order valence-corrected chi connectivity index (χ2v) is 6.27. The Morgan fingerprint density at radius 3 is 2.75 bits per heavy atom. The lowest BCUT2D eigenvalue weighted by Crippen LogP contribution is -2.09. The van der Waals surface area contributed by atoms with E-state index < -0.39 is 9.84 Å². The number of nitrogen functional groups attached to an aromatic ring is 1. The molecule has 0 saturated carbocycles. The Bertz CT molecular complexity index is 729. The van der Waals surface area contributed by atoms with E-state index in [1.807, 2.05) is 0 Å². The first kappa shape index (κ1) is 14.3. The number of rotatable bonds is 4. The fourth-order valence-electron chi connectivity index (χ4n) is 1.84. The van der Waals surface area contributed by atoms with E-state index in [4.69, 9.17) is 10.5 Å². The number of methoxy groups -OCH3 is 1. The molecule has 0 atom stereocenters. The number of nitrogens with zero attached hydrogens (tertiary/aromatic N) is 2. The zero-order chi connectivity index (χ0) is 14.8. The molecule has 0 aliphatic rings. The quantitative estimate of drug-likeness (QED) is 0.914. The number of sulfone groups is 1. The first-order chi connectivity index (χ1) is 9.42. The van der Waals surface area contributed by atoms with E-state index in [2.05, 4.69) is 9.97 Å². The van der Waals surface area contributed by atoms with Crippen molar-refractivity contribution in [2.75, 3.05) is 12.8 Å². The molecule has 2 heterocycles. The molecule has 0 bridgehead atoms. The number of aryl methyl sites for hydroxylation is 1. The number of hydrogen-bond acceptors (Lipinski definition) is 6. The smallest absolute Gasteiger partial charge is 0.186 e. The topological polar surface area (TPSA) is 95.2 Å². The van der Waals surface area contributed by atoms with Crippen molar-refractivity contribution < 1.29 is 13.2 Å². The molecular formula is C13H15N3O3S. The number of ether oxygens (including phenoxy) is 1. The van der Waals surface area contributed by atoms with Gasteiger partial charge in [-0.15, -0.1) is 0 Å². The summed E-state index contributed by atoms with van der Waals surface area (Å²) in [5.41, 5.74) is 6.90. The Labute approximate surface area is 117 Å². The van der Waals surface area contributed by atoms with E-state index in [-0.39, 0.29) is 16.3 Å². The molecule has 0 unspecified atom stereocenters. The van der Waals surface area contributed by atoms with E-state index in [0.29, 0.717) is 17.1 Å². The highest BCUT2D eigenvalue weighted by molar-refractivity contribution is 7.90. The molecule has 2 N–H and O–H groups in total. The van der Waals surface area contributed by atoms with Crippen LogP contribution in [0.25, 0.3) is 0 Å². The van der Waals surface area contributed by atoms with Gasteiger partial charge >= 0.3 is 0 Å². The Balaban J connectivity index is 2.38. The summed E-state index contributed by atoms with van der Waals surface area (Å²) >= 11 is 0. The molecule has 0 spiro atoms. The van der Waals surface area contributed by atoms with Crippen LogP contribution in [-0.2, 0) is 15.6 Å². The van der Waals surface area contributed by atoms with Gasteiger partial charge in [0.1, 0.15) is 5.75 Å². The lowest BCUT2D eigenvalue weighted by molar-refractivity contribution is 0.413. The predicted octanol–water partition coefficient (Wildman–Crippen LogP) is 1.35. The Morgan fingerprint density at radius 1 is 1.35 bits per heavy atom. The van der Waals surface area contributed by atoms with Gasteiger partial charge < -0.3 is 10.5 Å². The number of nitrogens with two attached hydrogens (primary N) is 1. The van der Waals surface area contributed by atoms with E-state index in [9.17, 15) is 8.42 Å². The molecule has 0 saturated heterocycles. The van der Waals surface area contributed by atoms with Crippen LogP contribution in [0.1, 0.15) is 11.4 Å². The third kappa shape index (κ3) is 3.05. The van der Waals surface area contributed by atoms with Crippen molar-refractivity contribution >= 4 is 15.5 Å². The van der Waals surface area contributed by atoms with E-state index in [1.165, 1.54) is 25.6 Å². The summed E-state index contributed by atoms with van der Waals surface area (Å²) in [5.74, 6) is 0.338. The molecule has 0 aliphatic heterocycles. The van der Waals surface area contributed by atoms with Crippen LogP contribution in [0.5, 0.6) is 5.75 Å². The van der Waals surface area contributed by atoms with Crippen LogP contribution < -0.4 is 10.5 Å². The summed E-state index contributed by atoms with van der Waals surface area (Å²) in [6.07, 6.45) is 2.71. The second-order valence-electron chi connectivity index (χ2n) is 4.31. The van der Waals surface area contributed by atoms with Crippen LogP contribution in [0.4, 0.5) is 5.69 Å². The van der Waals surface area contributed by atoms with Crippen LogP contribution in [0, 0.1) is 6.92 Å². The lowest BCUT2D eigenvalue weighted by Gasteiger charge is -2.08. The van der Waals surface area contributed by atoms with Crippen LogP contribution >= 0.6 is 0 Å². The number of hydrogen-bond donors (Lipinski definition) is 1. The Kier molecular flexibility index (Phi) is 3.89. The fraction of sp³-hybridized carbons (Fsp3) is 0.231. The van der Waals surface area contributed by atoms with Crippen molar-refractivity contribution in [2.45, 2.75) is 17.6 Å². The van der Waals surface area contributed by atoms with Crippen molar-refractivity contribution in [3.63, 3.8) is 0 Å². The minimum absolute atomic E-state index is 0.0646. The molecule has 2 aromatic rings. The van der Waals surface area contributed by atoms with Gasteiger partial charge in [-0.05, 0) is 13.0 Å². The van der Waals surface area contributed by atoms with Gasteiger partial charge in [0, 0.05) is 24.0 Å². The summed E-state index contributed by atoms with van der Waals surface area (Å²) in [7, 11) is -2.05. The molecule has 20 heavy (non-hydrogen) atoms. The second kappa shape index (κ2) is 5.46. The maximum absolute atomic E-state index is 12.3. The molecule has 0 fully saturated rings. The molecule has 2 aromatic heterocycles. The van der Waals surface area contributed by atoms with Gasteiger partial charge in [-0.25, -0.2) is 8.42 Å². The SMILES string of the molecule is COc1cc(C)nc(CS(=O)(=O)c2ccncc2N)c1. The van der Waals surface area contributed by atoms with Gasteiger partial charge in [0.05, 0.1) is 35.3 Å². The zero-order valence-electron chi connectivity index (χ0n) is 11.2. The molecule has 0 radical (unpaired) electrons. The summed E-state index contributed by atoms with van der Waals surface area (Å²) < 4.78 is 29.8. The highest BCUT2D eigenvalue weighted by Gasteiger charge is 2.19. The summed E-state index contributed by atoms with van der Waals surface area (Å²) in [4.78, 5) is 8.05. The predicted molar refractivity (Wildman–Crippen MR) is 75.1 cm³/mol. The first-order valence-corrected chi connectivity index (χ1v) is 7.51. The fourth-order valence-corrected chi connectivity index (χ4v) is 3.22. The van der Waals surface area contributed by atoms with E-state index in [1.54, 1.807) is 19.1 Å². The molecule has 106 valence electrons. The van der Waals surface area contributed by atoms with Gasteiger partial charge in [-0.2, -0.15) is 0 Å². The average molecular weight is 293 g/mol. The van der Waals surface area contributed by atoms with Crippen LogP contribution in [0.2, 0.25) is 0 Å². The van der Waals surface area contributed by atoms with Crippen LogP contribution in [-0.4, -0.2) is 25.5 Å². The van der Waals surface area contributed by atoms with Gasteiger partial charge in [-0.3, -0.25) is 9.97 Å². The van der Waals surface area contributed by atoms with Crippen molar-refractivity contribution in [1.29, 1.82) is 0 Å². The summed E-state index contributed by atoms with van der Waals surface area (Å²) in [5, 5.41) is 0. The van der Waals surface area contributed by atoms with E-state index >= 15 is 0 Å². The zero-order valence-corrected chi connectivity index (χ0v) is 12.0. The summed E-state index contributed by atoms with van der Waals surface area (Å²) in [6.45, 7) is 1.78. The molecule has 7 heteroatoms. The largest absolute Gasteiger partial charge is 0.497 e. The molecule has 0 aromatic carbocycles. The molecular weight excluding hydrogens is 278 g/mol. The van der Waals surface area contributed by atoms with Crippen LogP contribution in [0.3, 0.4) is 0 Å². The standard InChI is InChI=1S/C13H15N3O3S/c1-9-5-11(19-2)6-10(16-9)8-20(17,18)13-3-4-15-7-12(13)14/h3-7H,8,14H2,1-2H3. The first-order valence-electron chi connectivity index (χ1n) is 5.86. The maximum Gasteiger partial charge on any atom is 0.186 e. The normalized spacial score (nSPS) is 11.3. The van der Waals surface area contributed by atoms with Crippen molar-refractivity contribution in [1.82, 2.24) is 9.97 Å². The van der Waals surface area contributed by atoms with E-state index in [0.717, 1.165) is 0 Å². The van der Waals surface area contributed by atoms with Crippen LogP contribution in [0.15, 0.2) is 35.5 Å². The average Bonchev–Trinajstić information content (AvgIpc) is 2.37. The Morgan fingerprint density at radius 2 is 2.10 bits per heavy atom. The molecule has 0 amide bonds. The highest BCUT2D eigenvalue weighted by atomic mass is 32.2. The third-order valence-electron chi connectivity index (χ3n) is 2.70. The maximum atomic E-state index is 12.3. The number of anilines is 1. The van der Waals surface area contributed by atoms with Gasteiger partial charge in [0.25, 0.3) is 0 Å². The highest BCUT2D eigenvalue weighted by Crippen LogP contribution is 2.22. The molecule has 0 aliphatic carbocycles. The summed E-state index contributed by atoms with van der Waals surface area (Å²) in [6, 6.07) is 4.72. The minimum atomic E-state index is -3.57. The van der Waals surface area contributed by atoms with Crippen molar-refractivity contribution in [3.05, 3.63) is 42.0 Å². The van der Waals surface area contributed by atoms with Crippen molar-refractivity contribution in [2.24, 2.45) is 0 Å². The van der Waals surface area contributed by atoms with Crippen molar-refractivity contribution in [3.8, 4) is 5.75 Å². The van der Waals surface area contributed by atoms with Gasteiger partial charge in [0.15, 0.2) is 9.84 Å². The van der Waals surface area contributed by atoms with Gasteiger partial charge in [0.2, 0.25) is 0 Å². The third-order valence-corrected chi connectivity index (χ3v) is 4.42. The van der Waals surface area contributed by atoms with Gasteiger partial charge in [-0.1, -0.05) is 0 Å². The monoisotopic (exact) mass is 293 g/mol.